The van der Waals surface area contributed by atoms with Crippen LogP contribution in [0, 0.1) is 5.92 Å². The maximum atomic E-state index is 12.5. The van der Waals surface area contributed by atoms with Crippen molar-refractivity contribution in [3.05, 3.63) is 23.8 Å². The van der Waals surface area contributed by atoms with Gasteiger partial charge < -0.3 is 19.7 Å². The van der Waals surface area contributed by atoms with E-state index in [1.807, 2.05) is 23.1 Å². The van der Waals surface area contributed by atoms with Crippen LogP contribution < -0.4 is 14.8 Å². The Labute approximate surface area is 154 Å². The van der Waals surface area contributed by atoms with Crippen molar-refractivity contribution in [1.82, 2.24) is 10.2 Å². The Hall–Kier alpha value is -2.24. The average molecular weight is 360 g/mol. The fourth-order valence-electron chi connectivity index (χ4n) is 3.98. The zero-order valence-corrected chi connectivity index (χ0v) is 15.6. The molecule has 3 rings (SSSR count). The van der Waals surface area contributed by atoms with E-state index in [1.165, 1.54) is 19.3 Å². The van der Waals surface area contributed by atoms with E-state index >= 15 is 0 Å². The number of rotatable bonds is 6. The molecule has 1 unspecified atom stereocenters. The van der Waals surface area contributed by atoms with Gasteiger partial charge in [0.2, 0.25) is 11.8 Å². The summed E-state index contributed by atoms with van der Waals surface area (Å²) in [6, 6.07) is 5.91. The fraction of sp³-hybridized carbons (Fsp3) is 0.600. The van der Waals surface area contributed by atoms with Gasteiger partial charge in [0.25, 0.3) is 0 Å². The molecule has 1 aromatic rings. The summed E-state index contributed by atoms with van der Waals surface area (Å²) in [5.74, 6) is 1.13. The minimum absolute atomic E-state index is 0.0496. The minimum Gasteiger partial charge on any atom is -0.493 e. The van der Waals surface area contributed by atoms with Crippen LogP contribution in [0.25, 0.3) is 0 Å². The van der Waals surface area contributed by atoms with Crippen molar-refractivity contribution in [3.63, 3.8) is 0 Å². The van der Waals surface area contributed by atoms with Crippen molar-refractivity contribution < 1.29 is 19.1 Å². The summed E-state index contributed by atoms with van der Waals surface area (Å²) in [5.41, 5.74) is 0.935. The van der Waals surface area contributed by atoms with Crippen molar-refractivity contribution in [1.29, 1.82) is 0 Å². The van der Waals surface area contributed by atoms with E-state index < -0.39 is 0 Å². The lowest BCUT2D eigenvalue weighted by Gasteiger charge is -2.31. The molecule has 2 fully saturated rings. The molecule has 1 N–H and O–H groups in total. The summed E-state index contributed by atoms with van der Waals surface area (Å²) >= 11 is 0. The average Bonchev–Trinajstić information content (AvgIpc) is 3.08. The van der Waals surface area contributed by atoms with Gasteiger partial charge >= 0.3 is 0 Å². The quantitative estimate of drug-likeness (QED) is 0.846. The molecule has 26 heavy (non-hydrogen) atoms. The molecule has 1 aliphatic carbocycles. The van der Waals surface area contributed by atoms with Gasteiger partial charge in [-0.25, -0.2) is 0 Å². The molecular weight excluding hydrogens is 332 g/mol. The molecule has 1 aromatic carbocycles. The van der Waals surface area contributed by atoms with E-state index in [0.29, 0.717) is 37.1 Å². The molecule has 1 atom stereocenters. The number of methoxy groups -OCH3 is 2. The predicted octanol–water partition coefficient (Wildman–Crippen LogP) is 2.50. The monoisotopic (exact) mass is 360 g/mol. The number of amides is 2. The molecule has 0 radical (unpaired) electrons. The van der Waals surface area contributed by atoms with Crippen molar-refractivity contribution >= 4 is 11.8 Å². The highest BCUT2D eigenvalue weighted by atomic mass is 16.5. The van der Waals surface area contributed by atoms with E-state index in [1.54, 1.807) is 14.2 Å². The molecule has 2 aliphatic rings. The first-order valence-electron chi connectivity index (χ1n) is 9.40. The van der Waals surface area contributed by atoms with Crippen molar-refractivity contribution in [2.75, 3.05) is 20.8 Å². The Balaban J connectivity index is 1.54. The lowest BCUT2D eigenvalue weighted by atomic mass is 9.94. The van der Waals surface area contributed by atoms with E-state index in [4.69, 9.17) is 9.47 Å². The molecule has 1 saturated heterocycles. The summed E-state index contributed by atoms with van der Waals surface area (Å²) in [4.78, 5) is 26.8. The molecule has 6 nitrogen and oxygen atoms in total. The number of hydrogen-bond donors (Lipinski definition) is 1. The Morgan fingerprint density at radius 1 is 1.15 bits per heavy atom. The number of carbonyl (C=O) groups excluding carboxylic acids is 2. The van der Waals surface area contributed by atoms with E-state index in [9.17, 15) is 9.59 Å². The zero-order valence-electron chi connectivity index (χ0n) is 15.6. The van der Waals surface area contributed by atoms with Gasteiger partial charge in [-0.05, 0) is 30.5 Å². The zero-order chi connectivity index (χ0) is 18.5. The number of likely N-dealkylation sites (tertiary alicyclic amines) is 1. The van der Waals surface area contributed by atoms with Crippen LogP contribution in [0.3, 0.4) is 0 Å². The van der Waals surface area contributed by atoms with Gasteiger partial charge in [0.1, 0.15) is 0 Å². The number of nitrogens with one attached hydrogen (secondary N) is 1. The van der Waals surface area contributed by atoms with E-state index in [0.717, 1.165) is 18.4 Å². The smallest absolute Gasteiger partial charge is 0.225 e. The molecule has 1 heterocycles. The van der Waals surface area contributed by atoms with Crippen LogP contribution in [-0.4, -0.2) is 43.5 Å². The number of benzene rings is 1. The van der Waals surface area contributed by atoms with E-state index in [-0.39, 0.29) is 17.7 Å². The maximum absolute atomic E-state index is 12.5. The van der Waals surface area contributed by atoms with Gasteiger partial charge in [0.05, 0.1) is 20.1 Å². The molecule has 0 spiro atoms. The normalized spacial score (nSPS) is 20.9. The molecule has 0 aromatic heterocycles. The Morgan fingerprint density at radius 2 is 1.88 bits per heavy atom. The number of ether oxygens (including phenoxy) is 2. The van der Waals surface area contributed by atoms with Gasteiger partial charge in [-0.2, -0.15) is 0 Å². The number of carbonyl (C=O) groups is 2. The van der Waals surface area contributed by atoms with Crippen molar-refractivity contribution in [2.45, 2.75) is 51.1 Å². The summed E-state index contributed by atoms with van der Waals surface area (Å²) in [6.45, 7) is 0.967. The van der Waals surface area contributed by atoms with Gasteiger partial charge in [-0.1, -0.05) is 25.3 Å². The van der Waals surface area contributed by atoms with Crippen LogP contribution >= 0.6 is 0 Å². The predicted molar refractivity (Wildman–Crippen MR) is 98.1 cm³/mol. The number of nitrogens with zero attached hydrogens (tertiary/aromatic N) is 1. The summed E-state index contributed by atoms with van der Waals surface area (Å²) < 4.78 is 10.5. The second kappa shape index (κ2) is 8.43. The summed E-state index contributed by atoms with van der Waals surface area (Å²) in [5, 5.41) is 2.96. The standard InChI is InChI=1S/C20H28N2O4/c1-25-17-9-8-14(10-18(17)26-2)12-21-20(24)15-11-19(23)22(13-15)16-6-4-3-5-7-16/h8-10,15-16H,3-7,11-13H2,1-2H3,(H,21,24). The first-order valence-corrected chi connectivity index (χ1v) is 9.40. The van der Waals surface area contributed by atoms with Gasteiger partial charge in [-0.15, -0.1) is 0 Å². The van der Waals surface area contributed by atoms with Crippen LogP contribution in [0.2, 0.25) is 0 Å². The lowest BCUT2D eigenvalue weighted by molar-refractivity contribution is -0.130. The summed E-state index contributed by atoms with van der Waals surface area (Å²) in [7, 11) is 3.18. The third-order valence-corrected chi connectivity index (χ3v) is 5.46. The van der Waals surface area contributed by atoms with Gasteiger partial charge in [0, 0.05) is 25.6 Å². The summed E-state index contributed by atoms with van der Waals surface area (Å²) in [6.07, 6.45) is 6.11. The van der Waals surface area contributed by atoms with Crippen molar-refractivity contribution in [2.24, 2.45) is 5.92 Å². The second-order valence-electron chi connectivity index (χ2n) is 7.15. The fourth-order valence-corrected chi connectivity index (χ4v) is 3.98. The maximum Gasteiger partial charge on any atom is 0.225 e. The Morgan fingerprint density at radius 3 is 2.58 bits per heavy atom. The molecule has 2 amide bonds. The molecular formula is C20H28N2O4. The van der Waals surface area contributed by atoms with Crippen LogP contribution in [0.1, 0.15) is 44.1 Å². The first-order chi connectivity index (χ1) is 12.6. The van der Waals surface area contributed by atoms with Crippen LogP contribution in [0.4, 0.5) is 0 Å². The highest BCUT2D eigenvalue weighted by Crippen LogP contribution is 2.29. The SMILES string of the molecule is COc1ccc(CNC(=O)C2CC(=O)N(C3CCCCC3)C2)cc1OC. The Bertz CT molecular complexity index is 655. The topological polar surface area (TPSA) is 67.9 Å². The van der Waals surface area contributed by atoms with Crippen LogP contribution in [0.15, 0.2) is 18.2 Å². The van der Waals surface area contributed by atoms with Gasteiger partial charge in [0.15, 0.2) is 11.5 Å². The molecule has 142 valence electrons. The Kier molecular flexibility index (Phi) is 6.01. The molecule has 1 aliphatic heterocycles. The minimum atomic E-state index is -0.246. The molecule has 1 saturated carbocycles. The van der Waals surface area contributed by atoms with Crippen LogP contribution in [0.5, 0.6) is 11.5 Å². The van der Waals surface area contributed by atoms with Crippen LogP contribution in [-0.2, 0) is 16.1 Å². The van der Waals surface area contributed by atoms with E-state index in [2.05, 4.69) is 5.32 Å². The van der Waals surface area contributed by atoms with Gasteiger partial charge in [-0.3, -0.25) is 9.59 Å². The third kappa shape index (κ3) is 4.11. The number of hydrogen-bond acceptors (Lipinski definition) is 4. The third-order valence-electron chi connectivity index (χ3n) is 5.46. The highest BCUT2D eigenvalue weighted by Gasteiger charge is 2.37. The second-order valence-corrected chi connectivity index (χ2v) is 7.15. The highest BCUT2D eigenvalue weighted by molar-refractivity contribution is 5.89. The van der Waals surface area contributed by atoms with Crippen molar-refractivity contribution in [3.8, 4) is 11.5 Å². The lowest BCUT2D eigenvalue weighted by Crippen LogP contribution is -2.39. The largest absolute Gasteiger partial charge is 0.493 e. The molecule has 6 heteroatoms. The first kappa shape index (κ1) is 18.5. The molecule has 0 bridgehead atoms.